The third-order valence-electron chi connectivity index (χ3n) is 9.14. The van der Waals surface area contributed by atoms with Crippen LogP contribution in [0.5, 0.6) is 0 Å². The van der Waals surface area contributed by atoms with Crippen LogP contribution in [0.2, 0.25) is 0 Å². The second-order valence-corrected chi connectivity index (χ2v) is 14.6. The minimum Gasteiger partial charge on any atom is -0.631 e. The molecule has 0 unspecified atom stereocenters. The molecule has 7 rings (SSSR count). The number of hydrogen-bond acceptors (Lipinski definition) is 7. The first-order chi connectivity index (χ1) is 23.2. The lowest BCUT2D eigenvalue weighted by Gasteiger charge is -2.43. The van der Waals surface area contributed by atoms with E-state index in [1.54, 1.807) is 24.3 Å². The molecule has 2 fully saturated rings. The number of fused-ring (bicyclic) bond motifs is 1. The van der Waals surface area contributed by atoms with E-state index in [-0.39, 0.29) is 0 Å². The second kappa shape index (κ2) is 12.6. The highest BCUT2D eigenvalue weighted by atomic mass is 31.2. The van der Waals surface area contributed by atoms with Gasteiger partial charge in [-0.1, -0.05) is 152 Å². The molecular formula is C39H36NO7P. The zero-order valence-electron chi connectivity index (χ0n) is 26.6. The molecule has 2 saturated heterocycles. The van der Waals surface area contributed by atoms with Gasteiger partial charge in [0.2, 0.25) is 12.2 Å². The van der Waals surface area contributed by atoms with Gasteiger partial charge in [-0.05, 0) is 36.1 Å². The van der Waals surface area contributed by atoms with Gasteiger partial charge in [-0.25, -0.2) is 0 Å². The molecule has 5 aromatic carbocycles. The topological polar surface area (TPSA) is 103 Å². The van der Waals surface area contributed by atoms with E-state index in [2.05, 4.69) is 0 Å². The molecule has 9 heteroatoms. The van der Waals surface area contributed by atoms with Gasteiger partial charge in [0.15, 0.2) is 17.0 Å². The lowest BCUT2D eigenvalue weighted by molar-refractivity contribution is -0.481. The average Bonchev–Trinajstić information content (AvgIpc) is 3.41. The Morgan fingerprint density at radius 1 is 0.604 bits per heavy atom. The molecular weight excluding hydrogens is 625 g/mol. The van der Waals surface area contributed by atoms with Crippen LogP contribution in [-0.4, -0.2) is 29.5 Å². The minimum absolute atomic E-state index is 0.455. The van der Waals surface area contributed by atoms with Gasteiger partial charge in [0.1, 0.15) is 12.2 Å². The summed E-state index contributed by atoms with van der Waals surface area (Å²) in [5.41, 5.74) is -1.49. The van der Waals surface area contributed by atoms with Crippen molar-refractivity contribution in [1.82, 2.24) is 0 Å². The van der Waals surface area contributed by atoms with Gasteiger partial charge >= 0.3 is 0 Å². The number of hydrogen-bond donors (Lipinski definition) is 0. The Labute approximate surface area is 280 Å². The predicted molar refractivity (Wildman–Crippen MR) is 181 cm³/mol. The number of nitrogens with zero attached hydrogens (tertiary/aromatic N) is 1. The number of nitro groups is 1. The summed E-state index contributed by atoms with van der Waals surface area (Å²) in [5.74, 6) is -1.13. The molecule has 0 saturated carbocycles. The number of benzene rings is 5. The van der Waals surface area contributed by atoms with Crippen molar-refractivity contribution in [2.24, 2.45) is 0 Å². The lowest BCUT2D eigenvalue weighted by Crippen LogP contribution is -2.53. The molecule has 0 spiro atoms. The van der Waals surface area contributed by atoms with Gasteiger partial charge in [0, 0.05) is 10.5 Å². The van der Waals surface area contributed by atoms with Gasteiger partial charge in [-0.2, -0.15) is 9.05 Å². The molecule has 244 valence electrons. The molecule has 0 N–H and O–H groups in total. The molecule has 0 bridgehead atoms. The molecule has 2 aliphatic rings. The van der Waals surface area contributed by atoms with Crippen LogP contribution in [0.4, 0.5) is 0 Å². The summed E-state index contributed by atoms with van der Waals surface area (Å²) < 4.78 is 28.3. The molecule has 0 aliphatic carbocycles. The Morgan fingerprint density at radius 3 is 1.23 bits per heavy atom. The SMILES string of the molecule is CC1(C)O[C@@H]2[C@@H](O1)C(c1ccccc1)(c1ccccc1)O[P+]([O-])([C@@H](C[N+](=O)[O-])c1ccccc1)OC2(c1ccccc1)c1ccccc1. The van der Waals surface area contributed by atoms with E-state index in [1.807, 2.05) is 141 Å². The van der Waals surface area contributed by atoms with Gasteiger partial charge < -0.3 is 14.4 Å². The van der Waals surface area contributed by atoms with Crippen molar-refractivity contribution >= 4 is 7.94 Å². The quantitative estimate of drug-likeness (QED) is 0.0960. The Bertz CT molecular complexity index is 1660. The highest BCUT2D eigenvalue weighted by Gasteiger charge is 2.72. The lowest BCUT2D eigenvalue weighted by atomic mass is 9.72. The van der Waals surface area contributed by atoms with Crippen LogP contribution < -0.4 is 4.89 Å². The van der Waals surface area contributed by atoms with Crippen LogP contribution >= 0.6 is 7.94 Å². The highest BCUT2D eigenvalue weighted by molar-refractivity contribution is 7.59. The molecule has 0 aromatic heterocycles. The third-order valence-corrected chi connectivity index (χ3v) is 11.4. The minimum atomic E-state index is -4.65. The highest BCUT2D eigenvalue weighted by Crippen LogP contribution is 2.75. The van der Waals surface area contributed by atoms with Gasteiger partial charge in [-0.3, -0.25) is 10.1 Å². The first kappa shape index (κ1) is 32.3. The largest absolute Gasteiger partial charge is 0.631 e. The molecule has 0 amide bonds. The van der Waals surface area contributed by atoms with E-state index in [0.717, 1.165) is 0 Å². The molecule has 2 aliphatic heterocycles. The van der Waals surface area contributed by atoms with Crippen molar-refractivity contribution in [3.05, 3.63) is 190 Å². The maximum Gasteiger partial charge on any atom is 0.255 e. The van der Waals surface area contributed by atoms with Crippen molar-refractivity contribution in [3.63, 3.8) is 0 Å². The van der Waals surface area contributed by atoms with Crippen LogP contribution in [0.3, 0.4) is 0 Å². The van der Waals surface area contributed by atoms with E-state index in [0.29, 0.717) is 27.8 Å². The summed E-state index contributed by atoms with van der Waals surface area (Å²) >= 11 is 0. The van der Waals surface area contributed by atoms with E-state index >= 15 is 4.89 Å². The maximum absolute atomic E-state index is 16.3. The maximum atomic E-state index is 16.3. The fourth-order valence-electron chi connectivity index (χ4n) is 7.15. The van der Waals surface area contributed by atoms with Crippen LogP contribution in [0.25, 0.3) is 0 Å². The van der Waals surface area contributed by atoms with Gasteiger partial charge in [0.25, 0.3) is 7.94 Å². The fraction of sp³-hybridized carbons (Fsp3) is 0.231. The van der Waals surface area contributed by atoms with Crippen LogP contribution in [0.15, 0.2) is 152 Å². The normalized spacial score (nSPS) is 22.6. The van der Waals surface area contributed by atoms with Crippen LogP contribution in [0.1, 0.15) is 47.3 Å². The smallest absolute Gasteiger partial charge is 0.255 e. The van der Waals surface area contributed by atoms with Crippen LogP contribution in [0, 0.1) is 10.1 Å². The average molecular weight is 662 g/mol. The first-order valence-electron chi connectivity index (χ1n) is 15.9. The fourth-order valence-corrected chi connectivity index (χ4v) is 9.75. The monoisotopic (exact) mass is 661 g/mol. The molecule has 8 nitrogen and oxygen atoms in total. The molecule has 3 atom stereocenters. The number of rotatable bonds is 8. The zero-order chi connectivity index (χ0) is 33.4. The van der Waals surface area contributed by atoms with E-state index in [1.165, 1.54) is 0 Å². The van der Waals surface area contributed by atoms with Crippen molar-refractivity contribution in [2.75, 3.05) is 6.54 Å². The molecule has 2 heterocycles. The zero-order valence-corrected chi connectivity index (χ0v) is 27.5. The second-order valence-electron chi connectivity index (χ2n) is 12.6. The summed E-state index contributed by atoms with van der Waals surface area (Å²) in [5, 5.41) is 12.5. The summed E-state index contributed by atoms with van der Waals surface area (Å²) in [6.45, 7) is 2.97. The summed E-state index contributed by atoms with van der Waals surface area (Å²) in [4.78, 5) is 28.3. The Balaban J connectivity index is 1.63. The molecule has 5 aromatic rings. The molecule has 0 radical (unpaired) electrons. The van der Waals surface area contributed by atoms with Crippen LogP contribution in [-0.2, 0) is 29.7 Å². The van der Waals surface area contributed by atoms with Gasteiger partial charge in [-0.15, -0.1) is 0 Å². The van der Waals surface area contributed by atoms with Crippen molar-refractivity contribution in [3.8, 4) is 0 Å². The van der Waals surface area contributed by atoms with E-state index in [9.17, 15) is 10.1 Å². The first-order valence-corrected chi connectivity index (χ1v) is 17.5. The standard InChI is InChI=1S/C39H36NO7P/c1-37(2)44-35-36(45-37)39(32-24-14-6-15-25-32,33-26-16-7-17-27-33)47-48(43,34(28-40(41)42)29-18-8-3-9-19-29)46-38(35,30-20-10-4-11-21-30)31-22-12-5-13-23-31/h3-27,34-36H,28H2,1-2H3/t34-,35+,36+/m0/s1. The Morgan fingerprint density at radius 2 is 0.917 bits per heavy atom. The Kier molecular flexibility index (Phi) is 8.50. The van der Waals surface area contributed by atoms with Gasteiger partial charge in [0.05, 0.1) is 0 Å². The third kappa shape index (κ3) is 5.55. The van der Waals surface area contributed by atoms with Crippen molar-refractivity contribution < 1.29 is 28.3 Å². The summed E-state index contributed by atoms with van der Waals surface area (Å²) in [7, 11) is -4.65. The summed E-state index contributed by atoms with van der Waals surface area (Å²) in [6, 6.07) is 46.5. The summed E-state index contributed by atoms with van der Waals surface area (Å²) in [6.07, 6.45) is -1.92. The van der Waals surface area contributed by atoms with Crippen molar-refractivity contribution in [1.29, 1.82) is 0 Å². The Hall–Kier alpha value is -4.27. The predicted octanol–water partition coefficient (Wildman–Crippen LogP) is 7.58. The molecule has 48 heavy (non-hydrogen) atoms. The number of ether oxygens (including phenoxy) is 2. The van der Waals surface area contributed by atoms with E-state index in [4.69, 9.17) is 18.5 Å². The van der Waals surface area contributed by atoms with Crippen molar-refractivity contribution in [2.45, 2.75) is 48.7 Å². The van der Waals surface area contributed by atoms with E-state index < -0.39 is 54.3 Å².